The first-order valence-corrected chi connectivity index (χ1v) is 11.3. The lowest BCUT2D eigenvalue weighted by molar-refractivity contribution is 0.483. The summed E-state index contributed by atoms with van der Waals surface area (Å²) in [6.45, 7) is 3.22. The van der Waals surface area contributed by atoms with Crippen molar-refractivity contribution in [3.05, 3.63) is 78.2 Å². The van der Waals surface area contributed by atoms with Gasteiger partial charge in [0.15, 0.2) is 17.5 Å². The summed E-state index contributed by atoms with van der Waals surface area (Å²) in [6.07, 6.45) is 11.0. The number of rotatable bonds is 5. The summed E-state index contributed by atoms with van der Waals surface area (Å²) in [7, 11) is 0. The van der Waals surface area contributed by atoms with Crippen LogP contribution in [0.3, 0.4) is 0 Å². The molecule has 2 aliphatic rings. The molecule has 1 fully saturated rings. The third-order valence-corrected chi connectivity index (χ3v) is 6.01. The molecule has 0 atom stereocenters. The van der Waals surface area contributed by atoms with E-state index >= 15 is 0 Å². The topological polar surface area (TPSA) is 91.8 Å². The number of halogens is 3. The molecule has 0 spiro atoms. The van der Waals surface area contributed by atoms with Crippen molar-refractivity contribution in [2.45, 2.75) is 0 Å². The van der Waals surface area contributed by atoms with Crippen LogP contribution in [0.5, 0.6) is 0 Å². The van der Waals surface area contributed by atoms with E-state index in [-0.39, 0.29) is 5.82 Å². The van der Waals surface area contributed by atoms with Gasteiger partial charge in [-0.1, -0.05) is 18.2 Å². The van der Waals surface area contributed by atoms with Gasteiger partial charge >= 0.3 is 0 Å². The van der Waals surface area contributed by atoms with Gasteiger partial charge in [0.2, 0.25) is 11.8 Å². The lowest BCUT2D eigenvalue weighted by atomic mass is 9.97. The van der Waals surface area contributed by atoms with Crippen LogP contribution in [0, 0.1) is 17.6 Å². The number of allylic oxidation sites excluding steroid dienone is 4. The Balaban J connectivity index is 1.45. The number of aromatic nitrogens is 5. The number of fused-ring (bicyclic) bond motifs is 1. The molecule has 4 aromatic heterocycles. The Hall–Kier alpha value is -4.38. The number of hydrogen-bond acceptors (Lipinski definition) is 8. The molecule has 2 N–H and O–H groups in total. The molecule has 0 saturated carbocycles. The van der Waals surface area contributed by atoms with Gasteiger partial charge in [0.1, 0.15) is 11.6 Å². The summed E-state index contributed by atoms with van der Waals surface area (Å²) in [6, 6.07) is 3.65. The third-order valence-electron chi connectivity index (χ3n) is 6.01. The second-order valence-electron chi connectivity index (χ2n) is 8.31. The first-order chi connectivity index (χ1) is 17.6. The van der Waals surface area contributed by atoms with Crippen LogP contribution in [0.15, 0.2) is 55.0 Å². The monoisotopic (exact) mass is 488 g/mol. The summed E-state index contributed by atoms with van der Waals surface area (Å²) >= 11 is 0. The number of hydrogen-bond donors (Lipinski definition) is 2. The Morgan fingerprint density at radius 1 is 1.00 bits per heavy atom. The van der Waals surface area contributed by atoms with E-state index in [0.29, 0.717) is 23.0 Å². The molecular formula is C25H19F3N8. The molecule has 4 aromatic rings. The minimum atomic E-state index is -1.35. The van der Waals surface area contributed by atoms with Crippen molar-refractivity contribution in [2.24, 2.45) is 0 Å². The van der Waals surface area contributed by atoms with Gasteiger partial charge in [-0.05, 0) is 17.7 Å². The zero-order chi connectivity index (χ0) is 24.6. The van der Waals surface area contributed by atoms with Crippen molar-refractivity contribution >= 4 is 33.9 Å². The molecule has 1 aliphatic heterocycles. The average Bonchev–Trinajstić information content (AvgIpc) is 2.86. The second-order valence-corrected chi connectivity index (χ2v) is 8.31. The second kappa shape index (κ2) is 9.00. The molecule has 0 amide bonds. The Morgan fingerprint density at radius 2 is 1.83 bits per heavy atom. The van der Waals surface area contributed by atoms with E-state index in [1.165, 1.54) is 6.20 Å². The van der Waals surface area contributed by atoms with Crippen molar-refractivity contribution in [1.82, 2.24) is 30.2 Å². The van der Waals surface area contributed by atoms with Gasteiger partial charge < -0.3 is 15.5 Å². The van der Waals surface area contributed by atoms with Crippen LogP contribution in [0.2, 0.25) is 0 Å². The highest BCUT2D eigenvalue weighted by Gasteiger charge is 2.22. The van der Waals surface area contributed by atoms with Crippen LogP contribution in [0.25, 0.3) is 27.9 Å². The molecule has 11 heteroatoms. The van der Waals surface area contributed by atoms with Crippen molar-refractivity contribution in [2.75, 3.05) is 36.4 Å². The lowest BCUT2D eigenvalue weighted by Crippen LogP contribution is -2.44. The van der Waals surface area contributed by atoms with Gasteiger partial charge in [0.05, 0.1) is 17.1 Å². The third kappa shape index (κ3) is 4.03. The number of anilines is 3. The van der Waals surface area contributed by atoms with Gasteiger partial charge in [0.25, 0.3) is 0 Å². The smallest absolute Gasteiger partial charge is 0.217 e. The quantitative estimate of drug-likeness (QED) is 0.408. The summed E-state index contributed by atoms with van der Waals surface area (Å²) in [5, 5.41) is 6.81. The zero-order valence-corrected chi connectivity index (χ0v) is 18.8. The predicted molar refractivity (Wildman–Crippen MR) is 130 cm³/mol. The average molecular weight is 488 g/mol. The molecule has 0 aromatic carbocycles. The molecule has 0 unspecified atom stereocenters. The van der Waals surface area contributed by atoms with Gasteiger partial charge in [-0.3, -0.25) is 4.98 Å². The minimum absolute atomic E-state index is 0.132. The van der Waals surface area contributed by atoms with Crippen LogP contribution in [0.4, 0.5) is 30.6 Å². The van der Waals surface area contributed by atoms with Gasteiger partial charge in [-0.2, -0.15) is 13.8 Å². The Bertz CT molecular complexity index is 1550. The largest absolute Gasteiger partial charge is 0.353 e. The standard InChI is InChI=1S/C25H19F3N8/c26-17-11-19(27)33-24(22(17)28)34-20-10-15(4-5-31-20)23-32-18-13-30-12-16(14-2-1-3-14)21(18)25(35-23)36-8-6-29-7-9-36/h1-5,10-13,29H,6-9H2,(H,31,33,34). The van der Waals surface area contributed by atoms with E-state index in [4.69, 9.17) is 9.97 Å². The highest BCUT2D eigenvalue weighted by molar-refractivity contribution is 6.02. The van der Waals surface area contributed by atoms with Gasteiger partial charge in [-0.15, -0.1) is 0 Å². The molecule has 0 bridgehead atoms. The highest BCUT2D eigenvalue weighted by atomic mass is 19.2. The fraction of sp³-hybridized carbons (Fsp3) is 0.160. The number of nitrogens with one attached hydrogen (secondary N) is 2. The van der Waals surface area contributed by atoms with E-state index in [0.717, 1.165) is 48.5 Å². The van der Waals surface area contributed by atoms with E-state index in [1.54, 1.807) is 18.3 Å². The first kappa shape index (κ1) is 22.1. The fourth-order valence-corrected chi connectivity index (χ4v) is 4.20. The van der Waals surface area contributed by atoms with Crippen LogP contribution < -0.4 is 15.5 Å². The summed E-state index contributed by atoms with van der Waals surface area (Å²) in [5.74, 6) is -3.06. The van der Waals surface area contributed by atoms with E-state index in [9.17, 15) is 13.2 Å². The maximum atomic E-state index is 14.1. The summed E-state index contributed by atoms with van der Waals surface area (Å²) < 4.78 is 41.3. The molecular weight excluding hydrogens is 469 g/mol. The van der Waals surface area contributed by atoms with Crippen LogP contribution >= 0.6 is 0 Å². The maximum Gasteiger partial charge on any atom is 0.217 e. The predicted octanol–water partition coefficient (Wildman–Crippen LogP) is 4.01. The van der Waals surface area contributed by atoms with Crippen molar-refractivity contribution in [1.29, 1.82) is 0 Å². The molecule has 6 rings (SSSR count). The van der Waals surface area contributed by atoms with Crippen molar-refractivity contribution in [3.63, 3.8) is 0 Å². The van der Waals surface area contributed by atoms with E-state index in [2.05, 4.69) is 30.5 Å². The number of pyridine rings is 3. The van der Waals surface area contributed by atoms with E-state index < -0.39 is 23.4 Å². The Kier molecular flexibility index (Phi) is 5.53. The van der Waals surface area contributed by atoms with Crippen LogP contribution in [-0.2, 0) is 0 Å². The van der Waals surface area contributed by atoms with Crippen molar-refractivity contribution in [3.8, 4) is 11.4 Å². The Labute approximate surface area is 203 Å². The summed E-state index contributed by atoms with van der Waals surface area (Å²) in [4.78, 5) is 23.8. The van der Waals surface area contributed by atoms with Crippen LogP contribution in [0.1, 0.15) is 5.56 Å². The molecule has 1 aliphatic carbocycles. The highest BCUT2D eigenvalue weighted by Crippen LogP contribution is 2.35. The normalized spacial score (nSPS) is 15.1. The van der Waals surface area contributed by atoms with Gasteiger partial charge in [0, 0.05) is 55.8 Å². The zero-order valence-electron chi connectivity index (χ0n) is 18.8. The maximum absolute atomic E-state index is 14.1. The fourth-order valence-electron chi connectivity index (χ4n) is 4.20. The van der Waals surface area contributed by atoms with E-state index in [1.807, 2.05) is 24.4 Å². The molecule has 0 radical (unpaired) electrons. The van der Waals surface area contributed by atoms with Crippen molar-refractivity contribution < 1.29 is 13.2 Å². The minimum Gasteiger partial charge on any atom is -0.353 e. The number of nitrogens with zero attached hydrogens (tertiary/aromatic N) is 6. The number of piperazine rings is 1. The molecule has 1 saturated heterocycles. The molecule has 8 nitrogen and oxygen atoms in total. The summed E-state index contributed by atoms with van der Waals surface area (Å²) in [5.41, 5.74) is 3.28. The van der Waals surface area contributed by atoms with Gasteiger partial charge in [-0.25, -0.2) is 19.3 Å². The molecule has 180 valence electrons. The Morgan fingerprint density at radius 3 is 2.61 bits per heavy atom. The first-order valence-electron chi connectivity index (χ1n) is 11.3. The molecule has 5 heterocycles. The molecule has 36 heavy (non-hydrogen) atoms. The lowest BCUT2D eigenvalue weighted by Gasteiger charge is -2.30. The van der Waals surface area contributed by atoms with Crippen LogP contribution in [-0.4, -0.2) is 51.1 Å². The SMILES string of the molecule is Fc1cc(F)c(F)c(Nc2cc(-c3nc(N4CCNCC4)c4c(C5=CC=C5)cncc4n3)ccn2)n1.